The minimum absolute atomic E-state index is 0.0179. The van der Waals surface area contributed by atoms with Crippen LogP contribution < -0.4 is 0 Å². The third-order valence-electron chi connectivity index (χ3n) is 2.58. The number of fused-ring (bicyclic) bond motifs is 1. The Kier molecular flexibility index (Phi) is 2.58. The summed E-state index contributed by atoms with van der Waals surface area (Å²) in [5.41, 5.74) is 0.690. The van der Waals surface area contributed by atoms with Crippen molar-refractivity contribution in [3.05, 3.63) is 24.0 Å². The second-order valence-electron chi connectivity index (χ2n) is 3.62. The molecule has 1 atom stereocenters. The van der Waals surface area contributed by atoms with Gasteiger partial charge in [-0.1, -0.05) is 0 Å². The van der Waals surface area contributed by atoms with Crippen LogP contribution in [0.15, 0.2) is 18.3 Å². The first-order chi connectivity index (χ1) is 7.22. The largest absolute Gasteiger partial charge is 0.466 e. The van der Waals surface area contributed by atoms with E-state index in [0.29, 0.717) is 18.8 Å². The highest BCUT2D eigenvalue weighted by Crippen LogP contribution is 2.21. The Balaban J connectivity index is 2.16. The fourth-order valence-electron chi connectivity index (χ4n) is 1.87. The average molecular weight is 207 g/mol. The first kappa shape index (κ1) is 9.96. The van der Waals surface area contributed by atoms with Gasteiger partial charge in [0.25, 0.3) is 0 Å². The van der Waals surface area contributed by atoms with Crippen molar-refractivity contribution >= 4 is 11.8 Å². The maximum atomic E-state index is 11.6. The van der Waals surface area contributed by atoms with E-state index in [-0.39, 0.29) is 24.1 Å². The Bertz CT molecular complexity index is 394. The van der Waals surface area contributed by atoms with E-state index in [0.717, 1.165) is 0 Å². The van der Waals surface area contributed by atoms with Crippen molar-refractivity contribution in [3.8, 4) is 0 Å². The van der Waals surface area contributed by atoms with E-state index in [9.17, 15) is 9.59 Å². The molecule has 2 rings (SSSR count). The number of ether oxygens (including phenoxy) is 1. The number of hydrogen-bond donors (Lipinski definition) is 0. The number of esters is 1. The molecule has 0 aliphatic carbocycles. The van der Waals surface area contributed by atoms with E-state index in [1.54, 1.807) is 13.0 Å². The molecular weight excluding hydrogens is 194 g/mol. The molecule has 0 fully saturated rings. The van der Waals surface area contributed by atoms with Gasteiger partial charge in [0, 0.05) is 19.2 Å². The van der Waals surface area contributed by atoms with Gasteiger partial charge in [-0.2, -0.15) is 0 Å². The summed E-state index contributed by atoms with van der Waals surface area (Å²) < 4.78 is 6.73. The summed E-state index contributed by atoms with van der Waals surface area (Å²) in [5, 5.41) is 0. The van der Waals surface area contributed by atoms with E-state index < -0.39 is 0 Å². The summed E-state index contributed by atoms with van der Waals surface area (Å²) in [6.45, 7) is 2.68. The highest BCUT2D eigenvalue weighted by molar-refractivity contribution is 5.97. The van der Waals surface area contributed by atoms with Crippen molar-refractivity contribution < 1.29 is 14.3 Å². The number of hydrogen-bond acceptors (Lipinski definition) is 3. The topological polar surface area (TPSA) is 48.3 Å². The number of carbonyl (C=O) groups excluding carboxylic acids is 2. The Morgan fingerprint density at radius 1 is 1.67 bits per heavy atom. The molecule has 0 radical (unpaired) electrons. The van der Waals surface area contributed by atoms with Gasteiger partial charge < -0.3 is 9.30 Å². The van der Waals surface area contributed by atoms with E-state index in [1.165, 1.54) is 0 Å². The lowest BCUT2D eigenvalue weighted by atomic mass is 9.97. The van der Waals surface area contributed by atoms with Crippen LogP contribution in [0.25, 0.3) is 0 Å². The number of ketones is 1. The molecule has 80 valence electrons. The zero-order valence-corrected chi connectivity index (χ0v) is 8.60. The van der Waals surface area contributed by atoms with Crippen molar-refractivity contribution in [1.82, 2.24) is 4.57 Å². The first-order valence-electron chi connectivity index (χ1n) is 5.07. The molecular formula is C11H13NO3. The predicted molar refractivity (Wildman–Crippen MR) is 53.5 cm³/mol. The van der Waals surface area contributed by atoms with Crippen molar-refractivity contribution in [2.24, 2.45) is 5.92 Å². The summed E-state index contributed by atoms with van der Waals surface area (Å²) in [6.07, 6.45) is 2.08. The van der Waals surface area contributed by atoms with E-state index in [4.69, 9.17) is 4.74 Å². The molecule has 4 heteroatoms. The third-order valence-corrected chi connectivity index (χ3v) is 2.58. The molecule has 2 heterocycles. The third kappa shape index (κ3) is 1.79. The summed E-state index contributed by atoms with van der Waals surface area (Å²) in [7, 11) is 0. The normalized spacial score (nSPS) is 19.8. The van der Waals surface area contributed by atoms with E-state index in [1.807, 2.05) is 16.8 Å². The summed E-state index contributed by atoms with van der Waals surface area (Å²) in [5.74, 6) is -0.577. The highest BCUT2D eigenvalue weighted by atomic mass is 16.5. The molecule has 0 N–H and O–H groups in total. The van der Waals surface area contributed by atoms with Crippen molar-refractivity contribution in [2.45, 2.75) is 19.9 Å². The van der Waals surface area contributed by atoms with Crippen LogP contribution in [0.5, 0.6) is 0 Å². The van der Waals surface area contributed by atoms with Crippen LogP contribution in [-0.2, 0) is 16.1 Å². The second kappa shape index (κ2) is 3.88. The molecule has 1 aliphatic rings. The van der Waals surface area contributed by atoms with Gasteiger partial charge in [-0.15, -0.1) is 0 Å². The number of aromatic nitrogens is 1. The van der Waals surface area contributed by atoms with Crippen molar-refractivity contribution in [2.75, 3.05) is 6.61 Å². The zero-order valence-electron chi connectivity index (χ0n) is 8.60. The van der Waals surface area contributed by atoms with Gasteiger partial charge in [0.05, 0.1) is 18.2 Å². The van der Waals surface area contributed by atoms with Crippen LogP contribution in [0.2, 0.25) is 0 Å². The Morgan fingerprint density at radius 2 is 2.47 bits per heavy atom. The Hall–Kier alpha value is -1.58. The maximum absolute atomic E-state index is 11.6. The van der Waals surface area contributed by atoms with Crippen LogP contribution >= 0.6 is 0 Å². The number of rotatable bonds is 2. The molecule has 0 aromatic carbocycles. The predicted octanol–water partition coefficient (Wildman–Crippen LogP) is 1.25. The Labute approximate surface area is 87.8 Å². The molecule has 1 aliphatic heterocycles. The molecule has 0 bridgehead atoms. The van der Waals surface area contributed by atoms with Crippen LogP contribution in [0.3, 0.4) is 0 Å². The quantitative estimate of drug-likeness (QED) is 0.686. The molecule has 0 saturated heterocycles. The van der Waals surface area contributed by atoms with Crippen LogP contribution in [0.4, 0.5) is 0 Å². The molecule has 1 unspecified atom stereocenters. The summed E-state index contributed by atoms with van der Waals surface area (Å²) >= 11 is 0. The van der Waals surface area contributed by atoms with Gasteiger partial charge in [0.2, 0.25) is 0 Å². The SMILES string of the molecule is CCOC(=O)C1CC(=O)c2cccn2C1. The molecule has 0 spiro atoms. The summed E-state index contributed by atoms with van der Waals surface area (Å²) in [6, 6.07) is 3.60. The number of Topliss-reactive ketones (excluding diaryl/α,β-unsaturated/α-hetero) is 1. The lowest BCUT2D eigenvalue weighted by Crippen LogP contribution is -2.31. The molecule has 4 nitrogen and oxygen atoms in total. The van der Waals surface area contributed by atoms with Crippen LogP contribution in [0, 0.1) is 5.92 Å². The molecule has 0 saturated carbocycles. The van der Waals surface area contributed by atoms with E-state index in [2.05, 4.69) is 0 Å². The van der Waals surface area contributed by atoms with Gasteiger partial charge in [-0.25, -0.2) is 0 Å². The maximum Gasteiger partial charge on any atom is 0.311 e. The lowest BCUT2D eigenvalue weighted by molar-refractivity contribution is -0.148. The summed E-state index contributed by atoms with van der Waals surface area (Å²) in [4.78, 5) is 23.1. The monoisotopic (exact) mass is 207 g/mol. The zero-order chi connectivity index (χ0) is 10.8. The van der Waals surface area contributed by atoms with E-state index >= 15 is 0 Å². The van der Waals surface area contributed by atoms with Gasteiger partial charge in [-0.05, 0) is 19.1 Å². The van der Waals surface area contributed by atoms with Crippen molar-refractivity contribution in [1.29, 1.82) is 0 Å². The van der Waals surface area contributed by atoms with Crippen molar-refractivity contribution in [3.63, 3.8) is 0 Å². The van der Waals surface area contributed by atoms with Crippen LogP contribution in [0.1, 0.15) is 23.8 Å². The fourth-order valence-corrected chi connectivity index (χ4v) is 1.87. The van der Waals surface area contributed by atoms with Gasteiger partial charge >= 0.3 is 5.97 Å². The van der Waals surface area contributed by atoms with Gasteiger partial charge in [0.1, 0.15) is 0 Å². The molecule has 15 heavy (non-hydrogen) atoms. The minimum Gasteiger partial charge on any atom is -0.466 e. The lowest BCUT2D eigenvalue weighted by Gasteiger charge is -2.21. The Morgan fingerprint density at radius 3 is 3.20 bits per heavy atom. The molecule has 1 aromatic heterocycles. The van der Waals surface area contributed by atoms with Crippen LogP contribution in [-0.4, -0.2) is 22.9 Å². The molecule has 0 amide bonds. The number of carbonyl (C=O) groups is 2. The standard InChI is InChI=1S/C11H13NO3/c1-2-15-11(14)8-6-10(13)9-4-3-5-12(9)7-8/h3-5,8H,2,6-7H2,1H3. The second-order valence-corrected chi connectivity index (χ2v) is 3.62. The highest BCUT2D eigenvalue weighted by Gasteiger charge is 2.30. The minimum atomic E-state index is -0.322. The molecule has 1 aromatic rings. The first-order valence-corrected chi connectivity index (χ1v) is 5.07. The van der Waals surface area contributed by atoms with Gasteiger partial charge in [0.15, 0.2) is 5.78 Å². The number of nitrogens with zero attached hydrogens (tertiary/aromatic N) is 1. The fraction of sp³-hybridized carbons (Fsp3) is 0.455. The average Bonchev–Trinajstić information content (AvgIpc) is 2.66. The van der Waals surface area contributed by atoms with Gasteiger partial charge in [-0.3, -0.25) is 9.59 Å². The smallest absolute Gasteiger partial charge is 0.311 e.